The molecular formula is C17H18ClN3O4S. The number of carbonyl (C=O) groups is 1. The van der Waals surface area contributed by atoms with Crippen LogP contribution in [0.2, 0.25) is 5.02 Å². The Morgan fingerprint density at radius 1 is 1.12 bits per heavy atom. The van der Waals surface area contributed by atoms with Gasteiger partial charge in [0.2, 0.25) is 15.9 Å². The van der Waals surface area contributed by atoms with Crippen molar-refractivity contribution in [1.29, 1.82) is 0 Å². The predicted octanol–water partition coefficient (Wildman–Crippen LogP) is 1.92. The normalized spacial score (nSPS) is 15.1. The SMILES string of the molecule is O=C(Cn1cc(S(=O)(=O)N2CCCC2)ccc1=O)Nc1ccccc1Cl. The van der Waals surface area contributed by atoms with Gasteiger partial charge in [-0.15, -0.1) is 0 Å². The molecule has 1 aliphatic rings. The van der Waals surface area contributed by atoms with Crippen LogP contribution in [-0.4, -0.2) is 36.3 Å². The number of nitrogens with one attached hydrogen (secondary N) is 1. The largest absolute Gasteiger partial charge is 0.323 e. The Labute approximate surface area is 156 Å². The lowest BCUT2D eigenvalue weighted by atomic mass is 10.3. The highest BCUT2D eigenvalue weighted by Crippen LogP contribution is 2.21. The minimum atomic E-state index is -3.66. The number of rotatable bonds is 5. The summed E-state index contributed by atoms with van der Waals surface area (Å²) in [7, 11) is -3.66. The zero-order valence-corrected chi connectivity index (χ0v) is 15.5. The van der Waals surface area contributed by atoms with E-state index in [2.05, 4.69) is 5.32 Å². The topological polar surface area (TPSA) is 88.5 Å². The van der Waals surface area contributed by atoms with Crippen LogP contribution in [0, 0.1) is 0 Å². The van der Waals surface area contributed by atoms with Crippen LogP contribution in [0.3, 0.4) is 0 Å². The van der Waals surface area contributed by atoms with E-state index in [1.165, 1.54) is 16.6 Å². The molecule has 7 nitrogen and oxygen atoms in total. The van der Waals surface area contributed by atoms with Gasteiger partial charge in [-0.05, 0) is 31.0 Å². The fourth-order valence-corrected chi connectivity index (χ4v) is 4.49. The van der Waals surface area contributed by atoms with Gasteiger partial charge in [0.05, 0.1) is 15.6 Å². The number of hydrogen-bond donors (Lipinski definition) is 1. The first kappa shape index (κ1) is 18.6. The van der Waals surface area contributed by atoms with Gasteiger partial charge in [0.1, 0.15) is 6.54 Å². The van der Waals surface area contributed by atoms with Crippen LogP contribution in [-0.2, 0) is 21.4 Å². The van der Waals surface area contributed by atoms with Gasteiger partial charge < -0.3 is 9.88 Å². The highest BCUT2D eigenvalue weighted by Gasteiger charge is 2.27. The van der Waals surface area contributed by atoms with Crippen molar-refractivity contribution in [2.75, 3.05) is 18.4 Å². The van der Waals surface area contributed by atoms with Gasteiger partial charge in [0, 0.05) is 25.4 Å². The first-order valence-electron chi connectivity index (χ1n) is 8.13. The zero-order valence-electron chi connectivity index (χ0n) is 13.9. The summed E-state index contributed by atoms with van der Waals surface area (Å²) >= 11 is 5.99. The minimum absolute atomic E-state index is 0.00421. The number of nitrogens with zero attached hydrogens (tertiary/aromatic N) is 2. The highest BCUT2D eigenvalue weighted by atomic mass is 35.5. The van der Waals surface area contributed by atoms with Crippen molar-refractivity contribution in [1.82, 2.24) is 8.87 Å². The Balaban J connectivity index is 1.81. The van der Waals surface area contributed by atoms with E-state index >= 15 is 0 Å². The average molecular weight is 396 g/mol. The summed E-state index contributed by atoms with van der Waals surface area (Å²) in [4.78, 5) is 24.2. The van der Waals surface area contributed by atoms with Crippen LogP contribution >= 0.6 is 11.6 Å². The van der Waals surface area contributed by atoms with Crippen molar-refractivity contribution in [2.45, 2.75) is 24.3 Å². The Morgan fingerprint density at radius 3 is 2.50 bits per heavy atom. The summed E-state index contributed by atoms with van der Waals surface area (Å²) in [5.41, 5.74) is -0.0345. The fourth-order valence-electron chi connectivity index (χ4n) is 2.77. The van der Waals surface area contributed by atoms with E-state index in [1.807, 2.05) is 0 Å². The van der Waals surface area contributed by atoms with Crippen LogP contribution in [0.25, 0.3) is 0 Å². The molecule has 138 valence electrons. The van der Waals surface area contributed by atoms with Gasteiger partial charge in [-0.1, -0.05) is 23.7 Å². The van der Waals surface area contributed by atoms with Crippen LogP contribution in [0.5, 0.6) is 0 Å². The number of aromatic nitrogens is 1. The van der Waals surface area contributed by atoms with E-state index < -0.39 is 21.5 Å². The molecule has 1 fully saturated rings. The molecule has 0 saturated carbocycles. The van der Waals surface area contributed by atoms with E-state index in [9.17, 15) is 18.0 Å². The third kappa shape index (κ3) is 3.98. The number of anilines is 1. The maximum atomic E-state index is 12.6. The molecule has 0 unspecified atom stereocenters. The molecular weight excluding hydrogens is 378 g/mol. The second-order valence-corrected chi connectivity index (χ2v) is 8.32. The quantitative estimate of drug-likeness (QED) is 0.837. The van der Waals surface area contributed by atoms with Crippen molar-refractivity contribution in [3.05, 3.63) is 58.0 Å². The highest BCUT2D eigenvalue weighted by molar-refractivity contribution is 7.89. The summed E-state index contributed by atoms with van der Waals surface area (Å²) < 4.78 is 27.7. The average Bonchev–Trinajstić information content (AvgIpc) is 3.14. The van der Waals surface area contributed by atoms with Gasteiger partial charge in [0.25, 0.3) is 5.56 Å². The first-order valence-corrected chi connectivity index (χ1v) is 9.95. The van der Waals surface area contributed by atoms with Crippen molar-refractivity contribution in [3.8, 4) is 0 Å². The van der Waals surface area contributed by atoms with E-state index in [4.69, 9.17) is 11.6 Å². The smallest absolute Gasteiger partial charge is 0.251 e. The number of hydrogen-bond acceptors (Lipinski definition) is 4. The second kappa shape index (κ2) is 7.61. The molecule has 1 aromatic carbocycles. The Kier molecular flexibility index (Phi) is 5.45. The molecule has 1 saturated heterocycles. The molecule has 9 heteroatoms. The van der Waals surface area contributed by atoms with Crippen LogP contribution in [0.15, 0.2) is 52.3 Å². The van der Waals surface area contributed by atoms with Gasteiger partial charge in [-0.3, -0.25) is 9.59 Å². The monoisotopic (exact) mass is 395 g/mol. The zero-order chi connectivity index (χ0) is 18.7. The molecule has 0 spiro atoms. The molecule has 0 aliphatic carbocycles. The number of para-hydroxylation sites is 1. The third-order valence-corrected chi connectivity index (χ3v) is 6.33. The number of amides is 1. The maximum Gasteiger partial charge on any atom is 0.251 e. The van der Waals surface area contributed by atoms with Gasteiger partial charge in [-0.25, -0.2) is 8.42 Å². The molecule has 1 amide bonds. The molecule has 26 heavy (non-hydrogen) atoms. The molecule has 3 rings (SSSR count). The molecule has 1 aliphatic heterocycles. The maximum absolute atomic E-state index is 12.6. The summed E-state index contributed by atoms with van der Waals surface area (Å²) in [6.45, 7) is 0.621. The molecule has 2 aromatic rings. The molecule has 0 bridgehead atoms. The minimum Gasteiger partial charge on any atom is -0.323 e. The lowest BCUT2D eigenvalue weighted by Crippen LogP contribution is -2.31. The molecule has 1 aromatic heterocycles. The standard InChI is InChI=1S/C17H18ClN3O4S/c18-14-5-1-2-6-15(14)19-16(22)12-20-11-13(7-8-17(20)23)26(24,25)21-9-3-4-10-21/h1-2,5-8,11H,3-4,9-10,12H2,(H,19,22). The van der Waals surface area contributed by atoms with Crippen LogP contribution in [0.1, 0.15) is 12.8 Å². The fraction of sp³-hybridized carbons (Fsp3) is 0.294. The van der Waals surface area contributed by atoms with Crippen molar-refractivity contribution in [3.63, 3.8) is 0 Å². The summed E-state index contributed by atoms with van der Waals surface area (Å²) in [6, 6.07) is 9.15. The Hall–Kier alpha value is -2.16. The lowest BCUT2D eigenvalue weighted by molar-refractivity contribution is -0.116. The van der Waals surface area contributed by atoms with Crippen LogP contribution < -0.4 is 10.9 Å². The van der Waals surface area contributed by atoms with Crippen molar-refractivity contribution in [2.24, 2.45) is 0 Å². The number of halogens is 1. The van der Waals surface area contributed by atoms with E-state index in [0.717, 1.165) is 23.5 Å². The summed E-state index contributed by atoms with van der Waals surface area (Å²) in [5.74, 6) is -0.476. The van der Waals surface area contributed by atoms with Crippen molar-refractivity contribution < 1.29 is 13.2 Å². The first-order chi connectivity index (χ1) is 12.4. The van der Waals surface area contributed by atoms with E-state index in [-0.39, 0.29) is 11.4 Å². The summed E-state index contributed by atoms with van der Waals surface area (Å²) in [6.07, 6.45) is 2.85. The van der Waals surface area contributed by atoms with Crippen molar-refractivity contribution >= 4 is 33.2 Å². The molecule has 2 heterocycles. The van der Waals surface area contributed by atoms with E-state index in [0.29, 0.717) is 23.8 Å². The van der Waals surface area contributed by atoms with E-state index in [1.54, 1.807) is 24.3 Å². The summed E-state index contributed by atoms with van der Waals surface area (Å²) in [5, 5.41) is 2.98. The lowest BCUT2D eigenvalue weighted by Gasteiger charge is -2.16. The number of benzene rings is 1. The Morgan fingerprint density at radius 2 is 1.81 bits per heavy atom. The van der Waals surface area contributed by atoms with Gasteiger partial charge >= 0.3 is 0 Å². The van der Waals surface area contributed by atoms with Gasteiger partial charge in [-0.2, -0.15) is 4.31 Å². The second-order valence-electron chi connectivity index (χ2n) is 5.97. The molecule has 0 atom stereocenters. The van der Waals surface area contributed by atoms with Crippen LogP contribution in [0.4, 0.5) is 5.69 Å². The molecule has 0 radical (unpaired) electrons. The van der Waals surface area contributed by atoms with Gasteiger partial charge in [0.15, 0.2) is 0 Å². The Bertz CT molecular complexity index is 981. The molecule has 1 N–H and O–H groups in total. The predicted molar refractivity (Wildman–Crippen MR) is 98.8 cm³/mol. The number of pyridine rings is 1. The number of sulfonamides is 1. The third-order valence-electron chi connectivity index (χ3n) is 4.12. The number of carbonyl (C=O) groups excluding carboxylic acids is 1.